The Balaban J connectivity index is 1.94. The van der Waals surface area contributed by atoms with Crippen LogP contribution in [0.5, 0.6) is 6.01 Å². The van der Waals surface area contributed by atoms with Gasteiger partial charge in [-0.1, -0.05) is 19.1 Å². The van der Waals surface area contributed by atoms with Crippen molar-refractivity contribution in [2.24, 2.45) is 0 Å². The normalized spacial score (nSPS) is 15.3. The minimum absolute atomic E-state index is 0.00284. The smallest absolute Gasteiger partial charge is 0.421 e. The molecule has 2 aromatic rings. The highest BCUT2D eigenvalue weighted by Gasteiger charge is 2.37. The molecule has 0 amide bonds. The SMILES string of the molecule is CCc1ccc(N(C)c2nc(OC3CCCC3)ncc2C(F)(F)F)cc1. The number of aromatic nitrogens is 2. The maximum absolute atomic E-state index is 13.4. The molecule has 0 N–H and O–H groups in total. The lowest BCUT2D eigenvalue weighted by Crippen LogP contribution is -2.20. The van der Waals surface area contributed by atoms with Gasteiger partial charge in [-0.15, -0.1) is 0 Å². The number of aryl methyl sites for hydroxylation is 1. The Kier molecular flexibility index (Phi) is 5.34. The van der Waals surface area contributed by atoms with Gasteiger partial charge in [-0.05, 0) is 49.8 Å². The number of anilines is 2. The number of halogens is 3. The van der Waals surface area contributed by atoms with Crippen molar-refractivity contribution in [3.63, 3.8) is 0 Å². The Morgan fingerprint density at radius 3 is 2.38 bits per heavy atom. The van der Waals surface area contributed by atoms with E-state index in [9.17, 15) is 13.2 Å². The number of hydrogen-bond acceptors (Lipinski definition) is 4. The van der Waals surface area contributed by atoms with Crippen molar-refractivity contribution >= 4 is 11.5 Å². The minimum Gasteiger partial charge on any atom is -0.460 e. The molecule has 26 heavy (non-hydrogen) atoms. The molecule has 0 bridgehead atoms. The van der Waals surface area contributed by atoms with Gasteiger partial charge in [0.15, 0.2) is 5.82 Å². The first-order valence-electron chi connectivity index (χ1n) is 8.82. The van der Waals surface area contributed by atoms with Crippen molar-refractivity contribution in [3.8, 4) is 6.01 Å². The van der Waals surface area contributed by atoms with Crippen LogP contribution in [-0.4, -0.2) is 23.1 Å². The van der Waals surface area contributed by atoms with Crippen LogP contribution in [0.4, 0.5) is 24.7 Å². The van der Waals surface area contributed by atoms with Crippen molar-refractivity contribution in [3.05, 3.63) is 41.6 Å². The lowest BCUT2D eigenvalue weighted by Gasteiger charge is -2.23. The Morgan fingerprint density at radius 2 is 1.81 bits per heavy atom. The molecule has 0 radical (unpaired) electrons. The first kappa shape index (κ1) is 18.5. The fraction of sp³-hybridized carbons (Fsp3) is 0.474. The van der Waals surface area contributed by atoms with Gasteiger partial charge < -0.3 is 9.64 Å². The van der Waals surface area contributed by atoms with Crippen LogP contribution >= 0.6 is 0 Å². The molecule has 1 saturated carbocycles. The summed E-state index contributed by atoms with van der Waals surface area (Å²) in [6.07, 6.45) is 0.993. The van der Waals surface area contributed by atoms with Gasteiger partial charge in [0.25, 0.3) is 0 Å². The Labute approximate surface area is 151 Å². The molecule has 1 aromatic carbocycles. The van der Waals surface area contributed by atoms with Gasteiger partial charge >= 0.3 is 12.2 Å². The van der Waals surface area contributed by atoms with Crippen molar-refractivity contribution in [1.29, 1.82) is 0 Å². The van der Waals surface area contributed by atoms with Gasteiger partial charge in [-0.25, -0.2) is 4.98 Å². The molecule has 1 fully saturated rings. The summed E-state index contributed by atoms with van der Waals surface area (Å²) < 4.78 is 46.0. The van der Waals surface area contributed by atoms with E-state index in [1.165, 1.54) is 4.90 Å². The molecule has 1 aliphatic carbocycles. The van der Waals surface area contributed by atoms with Crippen LogP contribution in [-0.2, 0) is 12.6 Å². The molecular weight excluding hydrogens is 343 g/mol. The molecule has 140 valence electrons. The highest BCUT2D eigenvalue weighted by Crippen LogP contribution is 2.38. The lowest BCUT2D eigenvalue weighted by molar-refractivity contribution is -0.137. The number of benzene rings is 1. The molecule has 1 heterocycles. The van der Waals surface area contributed by atoms with Gasteiger partial charge in [0.1, 0.15) is 11.7 Å². The average molecular weight is 365 g/mol. The maximum atomic E-state index is 13.4. The van der Waals surface area contributed by atoms with Crippen molar-refractivity contribution in [2.75, 3.05) is 11.9 Å². The molecular formula is C19H22F3N3O. The Hall–Kier alpha value is -2.31. The van der Waals surface area contributed by atoms with Crippen LogP contribution in [0.25, 0.3) is 0 Å². The molecule has 0 unspecified atom stereocenters. The molecule has 4 nitrogen and oxygen atoms in total. The lowest BCUT2D eigenvalue weighted by atomic mass is 10.1. The van der Waals surface area contributed by atoms with Crippen molar-refractivity contribution in [2.45, 2.75) is 51.3 Å². The molecule has 1 aromatic heterocycles. The molecule has 1 aliphatic rings. The summed E-state index contributed by atoms with van der Waals surface area (Å²) >= 11 is 0. The second-order valence-electron chi connectivity index (χ2n) is 6.49. The highest BCUT2D eigenvalue weighted by atomic mass is 19.4. The van der Waals surface area contributed by atoms with Gasteiger partial charge in [0, 0.05) is 18.9 Å². The molecule has 3 rings (SSSR count). The zero-order valence-electron chi connectivity index (χ0n) is 14.9. The third-order valence-electron chi connectivity index (χ3n) is 4.68. The molecule has 7 heteroatoms. The number of ether oxygens (including phenoxy) is 1. The fourth-order valence-electron chi connectivity index (χ4n) is 3.10. The molecule has 0 aliphatic heterocycles. The topological polar surface area (TPSA) is 38.2 Å². The van der Waals surface area contributed by atoms with Gasteiger partial charge in [-0.3, -0.25) is 0 Å². The van der Waals surface area contributed by atoms with Crippen LogP contribution in [0.3, 0.4) is 0 Å². The van der Waals surface area contributed by atoms with E-state index in [4.69, 9.17) is 4.74 Å². The maximum Gasteiger partial charge on any atom is 0.421 e. The highest BCUT2D eigenvalue weighted by molar-refractivity contribution is 5.63. The predicted molar refractivity (Wildman–Crippen MR) is 93.8 cm³/mol. The van der Waals surface area contributed by atoms with Crippen molar-refractivity contribution in [1.82, 2.24) is 9.97 Å². The van der Waals surface area contributed by atoms with E-state index in [1.807, 2.05) is 19.1 Å². The first-order chi connectivity index (χ1) is 12.4. The average Bonchev–Trinajstić information content (AvgIpc) is 3.13. The molecule has 0 spiro atoms. The number of nitrogens with zero attached hydrogens (tertiary/aromatic N) is 3. The quantitative estimate of drug-likeness (QED) is 0.735. The summed E-state index contributed by atoms with van der Waals surface area (Å²) in [6.45, 7) is 2.03. The number of hydrogen-bond donors (Lipinski definition) is 0. The number of rotatable bonds is 5. The Morgan fingerprint density at radius 1 is 1.15 bits per heavy atom. The second-order valence-corrected chi connectivity index (χ2v) is 6.49. The summed E-state index contributed by atoms with van der Waals surface area (Å²) in [5.74, 6) is -0.204. The summed E-state index contributed by atoms with van der Waals surface area (Å²) in [5, 5.41) is 0. The minimum atomic E-state index is -4.54. The third-order valence-corrected chi connectivity index (χ3v) is 4.68. The van der Waals surface area contributed by atoms with E-state index in [2.05, 4.69) is 9.97 Å². The van der Waals surface area contributed by atoms with E-state index in [1.54, 1.807) is 19.2 Å². The second kappa shape index (κ2) is 7.51. The van der Waals surface area contributed by atoms with E-state index in [0.717, 1.165) is 43.9 Å². The van der Waals surface area contributed by atoms with E-state index >= 15 is 0 Å². The summed E-state index contributed by atoms with van der Waals surface area (Å²) in [6, 6.07) is 7.38. The van der Waals surface area contributed by atoms with E-state index < -0.39 is 11.7 Å². The monoisotopic (exact) mass is 365 g/mol. The van der Waals surface area contributed by atoms with Crippen LogP contribution in [0.2, 0.25) is 0 Å². The fourth-order valence-corrected chi connectivity index (χ4v) is 3.10. The summed E-state index contributed by atoms with van der Waals surface area (Å²) in [5.41, 5.74) is 0.864. The van der Waals surface area contributed by atoms with Gasteiger partial charge in [-0.2, -0.15) is 18.2 Å². The summed E-state index contributed by atoms with van der Waals surface area (Å²) in [4.78, 5) is 9.31. The van der Waals surface area contributed by atoms with Crippen LogP contribution in [0.15, 0.2) is 30.5 Å². The predicted octanol–water partition coefficient (Wildman–Crippen LogP) is 5.15. The van der Waals surface area contributed by atoms with E-state index in [0.29, 0.717) is 5.69 Å². The van der Waals surface area contributed by atoms with Crippen LogP contribution in [0, 0.1) is 0 Å². The van der Waals surface area contributed by atoms with Crippen LogP contribution < -0.4 is 9.64 Å². The van der Waals surface area contributed by atoms with E-state index in [-0.39, 0.29) is 17.9 Å². The zero-order valence-corrected chi connectivity index (χ0v) is 14.9. The molecule has 0 saturated heterocycles. The van der Waals surface area contributed by atoms with Gasteiger partial charge in [0.05, 0.1) is 0 Å². The Bertz CT molecular complexity index is 741. The van der Waals surface area contributed by atoms with Crippen LogP contribution in [0.1, 0.15) is 43.7 Å². The van der Waals surface area contributed by atoms with Gasteiger partial charge in [0.2, 0.25) is 0 Å². The van der Waals surface area contributed by atoms with Crippen molar-refractivity contribution < 1.29 is 17.9 Å². The first-order valence-corrected chi connectivity index (χ1v) is 8.82. The molecule has 0 atom stereocenters. The number of alkyl halides is 3. The summed E-state index contributed by atoms with van der Waals surface area (Å²) in [7, 11) is 1.57. The standard InChI is InChI=1S/C19H22F3N3O/c1-3-13-8-10-14(11-9-13)25(2)17-16(19(20,21)22)12-23-18(24-17)26-15-6-4-5-7-15/h8-12,15H,3-7H2,1-2H3. The third kappa shape index (κ3) is 4.08. The largest absolute Gasteiger partial charge is 0.460 e. The zero-order chi connectivity index (χ0) is 18.7.